The van der Waals surface area contributed by atoms with Crippen LogP contribution in [-0.4, -0.2) is 0 Å². The molecule has 3 aromatic rings. The van der Waals surface area contributed by atoms with Crippen LogP contribution in [0, 0.1) is 5.92 Å². The molecular weight excluding hydrogens is 312 g/mol. The van der Waals surface area contributed by atoms with E-state index in [1.165, 1.54) is 33.0 Å². The van der Waals surface area contributed by atoms with Crippen molar-refractivity contribution in [3.05, 3.63) is 89.5 Å². The van der Waals surface area contributed by atoms with E-state index >= 15 is 0 Å². The summed E-state index contributed by atoms with van der Waals surface area (Å²) < 4.78 is 0. The predicted octanol–water partition coefficient (Wildman–Crippen LogP) is 7.42. The van der Waals surface area contributed by atoms with E-state index in [0.717, 1.165) is 6.42 Å². The fourth-order valence-electron chi connectivity index (χ4n) is 3.53. The molecule has 0 heterocycles. The number of allylic oxidation sites excluding steroid dienone is 2. The van der Waals surface area contributed by atoms with Crippen LogP contribution in [0.4, 0.5) is 0 Å². The van der Waals surface area contributed by atoms with Crippen molar-refractivity contribution in [2.75, 3.05) is 0 Å². The molecular formula is C26H30. The number of hydrogen-bond donors (Lipinski definition) is 0. The van der Waals surface area contributed by atoms with Crippen LogP contribution >= 0.6 is 0 Å². The lowest BCUT2D eigenvalue weighted by Crippen LogP contribution is -2.10. The molecule has 3 aromatic carbocycles. The second-order valence-electron chi connectivity index (χ2n) is 8.54. The van der Waals surface area contributed by atoms with Crippen molar-refractivity contribution in [2.45, 2.75) is 46.5 Å². The summed E-state index contributed by atoms with van der Waals surface area (Å²) in [4.78, 5) is 0. The largest absolute Gasteiger partial charge is 0.0778 e. The van der Waals surface area contributed by atoms with Gasteiger partial charge in [0.25, 0.3) is 0 Å². The minimum atomic E-state index is 0.219. The molecule has 134 valence electrons. The van der Waals surface area contributed by atoms with E-state index in [4.69, 9.17) is 0 Å². The van der Waals surface area contributed by atoms with Gasteiger partial charge in [0.15, 0.2) is 0 Å². The smallest absolute Gasteiger partial charge is 0.0132 e. The number of rotatable bonds is 4. The molecule has 3 rings (SSSR count). The van der Waals surface area contributed by atoms with E-state index in [0.29, 0.717) is 5.92 Å². The van der Waals surface area contributed by atoms with Gasteiger partial charge in [-0.25, -0.2) is 0 Å². The molecule has 26 heavy (non-hydrogen) atoms. The lowest BCUT2D eigenvalue weighted by Gasteiger charge is -2.19. The van der Waals surface area contributed by atoms with Crippen LogP contribution in [0.25, 0.3) is 16.3 Å². The summed E-state index contributed by atoms with van der Waals surface area (Å²) in [5.74, 6) is 0.516. The van der Waals surface area contributed by atoms with Crippen molar-refractivity contribution in [3.63, 3.8) is 0 Å². The van der Waals surface area contributed by atoms with Gasteiger partial charge in [-0.3, -0.25) is 0 Å². The highest BCUT2D eigenvalue weighted by molar-refractivity contribution is 5.86. The molecule has 0 heteroatoms. The van der Waals surface area contributed by atoms with Crippen LogP contribution in [-0.2, 0) is 11.8 Å². The molecule has 0 aromatic heterocycles. The van der Waals surface area contributed by atoms with Crippen LogP contribution < -0.4 is 0 Å². The van der Waals surface area contributed by atoms with E-state index in [1.54, 1.807) is 0 Å². The molecule has 0 saturated carbocycles. The third kappa shape index (κ3) is 4.43. The van der Waals surface area contributed by atoms with Gasteiger partial charge in [0.2, 0.25) is 0 Å². The lowest BCUT2D eigenvalue weighted by molar-refractivity contribution is 0.589. The molecule has 0 aliphatic carbocycles. The summed E-state index contributed by atoms with van der Waals surface area (Å²) in [5, 5.41) is 2.61. The monoisotopic (exact) mass is 342 g/mol. The minimum Gasteiger partial charge on any atom is -0.0778 e. The summed E-state index contributed by atoms with van der Waals surface area (Å²) in [6, 6.07) is 24.4. The second-order valence-corrected chi connectivity index (χ2v) is 8.54. The molecule has 0 aliphatic heterocycles. The summed E-state index contributed by atoms with van der Waals surface area (Å²) in [6.07, 6.45) is 3.48. The van der Waals surface area contributed by atoms with Crippen LogP contribution in [0.1, 0.15) is 51.3 Å². The second kappa shape index (κ2) is 7.50. The zero-order valence-corrected chi connectivity index (χ0v) is 16.7. The molecule has 0 bridgehead atoms. The highest BCUT2D eigenvalue weighted by Gasteiger charge is 2.13. The van der Waals surface area contributed by atoms with Gasteiger partial charge < -0.3 is 0 Å². The highest BCUT2D eigenvalue weighted by atomic mass is 14.2. The third-order valence-corrected chi connectivity index (χ3v) is 5.12. The maximum atomic E-state index is 2.40. The highest BCUT2D eigenvalue weighted by Crippen LogP contribution is 2.25. The maximum absolute atomic E-state index is 2.40. The van der Waals surface area contributed by atoms with Crippen molar-refractivity contribution in [1.29, 1.82) is 0 Å². The molecule has 1 atom stereocenters. The zero-order valence-electron chi connectivity index (χ0n) is 16.7. The van der Waals surface area contributed by atoms with Crippen molar-refractivity contribution < 1.29 is 0 Å². The Morgan fingerprint density at radius 3 is 2.19 bits per heavy atom. The van der Waals surface area contributed by atoms with Crippen LogP contribution in [0.15, 0.2) is 72.8 Å². The number of benzene rings is 3. The first kappa shape index (κ1) is 18.5. The SMILES string of the molecule is C/C(=C/C(C)Cc1ccc(C(C)(C)C)cc1)c1ccc2ccccc2c1. The Morgan fingerprint density at radius 1 is 0.885 bits per heavy atom. The lowest BCUT2D eigenvalue weighted by atomic mass is 9.86. The minimum absolute atomic E-state index is 0.219. The van der Waals surface area contributed by atoms with Gasteiger partial charge in [-0.2, -0.15) is 0 Å². The fraction of sp³-hybridized carbons (Fsp3) is 0.308. The zero-order chi connectivity index (χ0) is 18.7. The molecule has 0 amide bonds. The number of hydrogen-bond acceptors (Lipinski definition) is 0. The van der Waals surface area contributed by atoms with E-state index in [1.807, 2.05) is 0 Å². The third-order valence-electron chi connectivity index (χ3n) is 5.12. The first-order valence-corrected chi connectivity index (χ1v) is 9.60. The Balaban J connectivity index is 1.73. The molecule has 0 saturated heterocycles. The first-order valence-electron chi connectivity index (χ1n) is 9.60. The number of fused-ring (bicyclic) bond motifs is 1. The van der Waals surface area contributed by atoms with E-state index in [2.05, 4.69) is 107 Å². The molecule has 0 fully saturated rings. The first-order chi connectivity index (χ1) is 12.3. The molecule has 0 radical (unpaired) electrons. The van der Waals surface area contributed by atoms with Gasteiger partial charge >= 0.3 is 0 Å². The van der Waals surface area contributed by atoms with Crippen molar-refractivity contribution in [2.24, 2.45) is 5.92 Å². The van der Waals surface area contributed by atoms with Crippen LogP contribution in [0.3, 0.4) is 0 Å². The fourth-order valence-corrected chi connectivity index (χ4v) is 3.53. The van der Waals surface area contributed by atoms with Crippen molar-refractivity contribution in [1.82, 2.24) is 0 Å². The average Bonchev–Trinajstić information content (AvgIpc) is 2.61. The van der Waals surface area contributed by atoms with E-state index in [-0.39, 0.29) is 5.41 Å². The molecule has 0 N–H and O–H groups in total. The van der Waals surface area contributed by atoms with Crippen molar-refractivity contribution in [3.8, 4) is 0 Å². The van der Waals surface area contributed by atoms with Gasteiger partial charge in [0, 0.05) is 0 Å². The summed E-state index contributed by atoms with van der Waals surface area (Å²) in [7, 11) is 0. The molecule has 1 unspecified atom stereocenters. The van der Waals surface area contributed by atoms with Gasteiger partial charge in [-0.05, 0) is 63.8 Å². The van der Waals surface area contributed by atoms with Crippen LogP contribution in [0.2, 0.25) is 0 Å². The van der Waals surface area contributed by atoms with Gasteiger partial charge in [0.05, 0.1) is 0 Å². The quantitative estimate of drug-likeness (QED) is 0.463. The summed E-state index contributed by atoms with van der Waals surface area (Å²) >= 11 is 0. The van der Waals surface area contributed by atoms with Gasteiger partial charge in [-0.1, -0.05) is 94.4 Å². The molecule has 0 spiro atoms. The average molecular weight is 343 g/mol. The Hall–Kier alpha value is -2.34. The Morgan fingerprint density at radius 2 is 1.54 bits per heavy atom. The maximum Gasteiger partial charge on any atom is -0.0132 e. The molecule has 0 nitrogen and oxygen atoms in total. The van der Waals surface area contributed by atoms with E-state index in [9.17, 15) is 0 Å². The van der Waals surface area contributed by atoms with E-state index < -0.39 is 0 Å². The Labute approximate surface area is 158 Å². The Kier molecular flexibility index (Phi) is 5.32. The topological polar surface area (TPSA) is 0 Å². The van der Waals surface area contributed by atoms with Crippen LogP contribution in [0.5, 0.6) is 0 Å². The van der Waals surface area contributed by atoms with Crippen molar-refractivity contribution >= 4 is 16.3 Å². The van der Waals surface area contributed by atoms with Gasteiger partial charge in [0.1, 0.15) is 0 Å². The summed E-state index contributed by atoms with van der Waals surface area (Å²) in [5.41, 5.74) is 5.70. The Bertz CT molecular complexity index is 905. The predicted molar refractivity (Wildman–Crippen MR) is 116 cm³/mol. The summed E-state index contributed by atoms with van der Waals surface area (Å²) in [6.45, 7) is 11.3. The standard InChI is InChI=1S/C26H30/c1-19(17-21-10-14-25(15-11-21)26(3,4)5)16-20(2)23-13-12-22-8-6-7-9-24(22)18-23/h6-16,18-19H,17H2,1-5H3/b20-16-. The van der Waals surface area contributed by atoms with Gasteiger partial charge in [-0.15, -0.1) is 0 Å². The normalized spacial score (nSPS) is 13.8. The molecule has 0 aliphatic rings.